The monoisotopic (exact) mass is 506 g/mol. The Morgan fingerprint density at radius 2 is 1.67 bits per heavy atom. The molecule has 0 aliphatic carbocycles. The largest absolute Gasteiger partial charge is 0.485 e. The van der Waals surface area contributed by atoms with Gasteiger partial charge in [0.05, 0.1) is 4.90 Å². The number of para-hydroxylation sites is 2. The lowest BCUT2D eigenvalue weighted by atomic mass is 10.2. The minimum absolute atomic E-state index is 0.0762. The van der Waals surface area contributed by atoms with Gasteiger partial charge in [0.1, 0.15) is 6.61 Å². The zero-order valence-corrected chi connectivity index (χ0v) is 20.0. The fourth-order valence-electron chi connectivity index (χ4n) is 3.61. The molecule has 0 spiro atoms. The highest BCUT2D eigenvalue weighted by Gasteiger charge is 2.28. The van der Waals surface area contributed by atoms with Crippen LogP contribution in [0, 0.1) is 0 Å². The number of sulfonamides is 1. The highest BCUT2D eigenvalue weighted by molar-refractivity contribution is 7.89. The molecule has 1 aliphatic rings. The molecule has 1 amide bonds. The van der Waals surface area contributed by atoms with E-state index in [9.17, 15) is 13.2 Å². The summed E-state index contributed by atoms with van der Waals surface area (Å²) >= 11 is 0. The van der Waals surface area contributed by atoms with E-state index in [4.69, 9.17) is 13.9 Å². The average molecular weight is 507 g/mol. The first kappa shape index (κ1) is 23.5. The molecule has 11 heteroatoms. The number of benzene rings is 3. The summed E-state index contributed by atoms with van der Waals surface area (Å²) in [6, 6.07) is 22.0. The Morgan fingerprint density at radius 1 is 0.972 bits per heavy atom. The van der Waals surface area contributed by atoms with E-state index in [1.165, 1.54) is 35.6 Å². The number of ether oxygens (including phenoxy) is 2. The summed E-state index contributed by atoms with van der Waals surface area (Å²) in [7, 11) is -2.22. The Kier molecular flexibility index (Phi) is 6.40. The van der Waals surface area contributed by atoms with Crippen LogP contribution >= 0.6 is 0 Å². The lowest BCUT2D eigenvalue weighted by Crippen LogP contribution is -2.26. The second kappa shape index (κ2) is 9.80. The number of hydrogen-bond acceptors (Lipinski definition) is 8. The highest BCUT2D eigenvalue weighted by atomic mass is 32.2. The maximum Gasteiger partial charge on any atom is 0.322 e. The van der Waals surface area contributed by atoms with Crippen molar-refractivity contribution in [1.82, 2.24) is 14.5 Å². The zero-order valence-electron chi connectivity index (χ0n) is 19.2. The van der Waals surface area contributed by atoms with Crippen molar-refractivity contribution in [3.63, 3.8) is 0 Å². The van der Waals surface area contributed by atoms with Crippen molar-refractivity contribution in [1.29, 1.82) is 0 Å². The minimum atomic E-state index is -3.73. The Bertz CT molecular complexity index is 1470. The molecule has 0 bridgehead atoms. The van der Waals surface area contributed by atoms with Gasteiger partial charge in [0.2, 0.25) is 16.1 Å². The van der Waals surface area contributed by atoms with Gasteiger partial charge in [-0.15, -0.1) is 5.10 Å². The maximum absolute atomic E-state index is 12.9. The predicted molar refractivity (Wildman–Crippen MR) is 129 cm³/mol. The van der Waals surface area contributed by atoms with Crippen LogP contribution in [0.25, 0.3) is 0 Å². The van der Waals surface area contributed by atoms with Crippen molar-refractivity contribution in [2.75, 3.05) is 19.0 Å². The van der Waals surface area contributed by atoms with E-state index in [1.807, 2.05) is 42.5 Å². The van der Waals surface area contributed by atoms with Gasteiger partial charge in [0.25, 0.3) is 11.8 Å². The van der Waals surface area contributed by atoms with Crippen LogP contribution in [-0.4, -0.2) is 42.5 Å². The van der Waals surface area contributed by atoms with Crippen LogP contribution < -0.4 is 14.8 Å². The highest BCUT2D eigenvalue weighted by Crippen LogP contribution is 2.35. The third kappa shape index (κ3) is 4.92. The van der Waals surface area contributed by atoms with Gasteiger partial charge in [-0.1, -0.05) is 47.6 Å². The summed E-state index contributed by atoms with van der Waals surface area (Å²) in [6.07, 6.45) is -0.615. The van der Waals surface area contributed by atoms with Crippen LogP contribution in [0.4, 0.5) is 6.01 Å². The van der Waals surface area contributed by atoms with Gasteiger partial charge >= 0.3 is 6.01 Å². The first-order chi connectivity index (χ1) is 17.4. The van der Waals surface area contributed by atoms with Gasteiger partial charge in [-0.2, -0.15) is 4.31 Å². The van der Waals surface area contributed by atoms with E-state index in [-0.39, 0.29) is 35.5 Å². The number of carbonyl (C=O) groups is 1. The first-order valence-electron chi connectivity index (χ1n) is 11.0. The van der Waals surface area contributed by atoms with Crippen molar-refractivity contribution in [3.05, 3.63) is 95.9 Å². The van der Waals surface area contributed by atoms with Crippen LogP contribution in [0.15, 0.2) is 88.2 Å². The summed E-state index contributed by atoms with van der Waals surface area (Å²) in [6.45, 7) is 0.410. The van der Waals surface area contributed by atoms with Crippen molar-refractivity contribution in [2.45, 2.75) is 17.5 Å². The van der Waals surface area contributed by atoms with E-state index < -0.39 is 22.0 Å². The molecule has 0 fully saturated rings. The average Bonchev–Trinajstić information content (AvgIpc) is 3.37. The lowest BCUT2D eigenvalue weighted by molar-refractivity contribution is 0.0716. The Balaban J connectivity index is 1.22. The molecule has 1 N–H and O–H groups in total. The number of rotatable bonds is 7. The smallest absolute Gasteiger partial charge is 0.322 e. The number of nitrogens with one attached hydrogen (secondary N) is 1. The molecule has 4 aromatic rings. The number of carbonyl (C=O) groups excluding carboxylic acids is 1. The van der Waals surface area contributed by atoms with Crippen molar-refractivity contribution in [2.24, 2.45) is 0 Å². The van der Waals surface area contributed by atoms with E-state index in [2.05, 4.69) is 15.5 Å². The number of nitrogens with zero attached hydrogens (tertiary/aromatic N) is 3. The summed E-state index contributed by atoms with van der Waals surface area (Å²) in [4.78, 5) is 12.7. The SMILES string of the molecule is CN(Cc1ccccc1)S(=O)(=O)c1ccc(C(=O)Nc2nnc([C@@H]3COc4ccccc4O3)o2)cc1. The van der Waals surface area contributed by atoms with Crippen LogP contribution in [-0.2, 0) is 16.6 Å². The predicted octanol–water partition coefficient (Wildman–Crippen LogP) is 3.66. The molecular formula is C25H22N4O6S. The molecule has 10 nitrogen and oxygen atoms in total. The zero-order chi connectivity index (χ0) is 25.1. The number of aromatic nitrogens is 2. The van der Waals surface area contributed by atoms with Gasteiger partial charge < -0.3 is 13.9 Å². The Labute approximate surface area is 207 Å². The molecule has 0 saturated heterocycles. The number of fused-ring (bicyclic) bond motifs is 1. The molecule has 0 saturated carbocycles. The van der Waals surface area contributed by atoms with Crippen molar-refractivity contribution < 1.29 is 27.1 Å². The van der Waals surface area contributed by atoms with Gasteiger partial charge in [-0.25, -0.2) is 8.42 Å². The van der Waals surface area contributed by atoms with E-state index >= 15 is 0 Å². The van der Waals surface area contributed by atoms with Crippen LogP contribution in [0.5, 0.6) is 11.5 Å². The van der Waals surface area contributed by atoms with Gasteiger partial charge in [0, 0.05) is 19.2 Å². The number of amides is 1. The topological polar surface area (TPSA) is 124 Å². The normalized spacial score (nSPS) is 15.0. The molecule has 1 aliphatic heterocycles. The van der Waals surface area contributed by atoms with Gasteiger partial charge in [-0.05, 0) is 42.0 Å². The second-order valence-electron chi connectivity index (χ2n) is 8.03. The summed E-state index contributed by atoms with van der Waals surface area (Å²) in [5.74, 6) is 0.807. The molecule has 5 rings (SSSR count). The summed E-state index contributed by atoms with van der Waals surface area (Å²) < 4.78 is 44.1. The molecule has 0 unspecified atom stereocenters. The summed E-state index contributed by atoms with van der Waals surface area (Å²) in [5, 5.41) is 10.3. The van der Waals surface area contributed by atoms with E-state index in [0.717, 1.165) is 5.56 Å². The fourth-order valence-corrected chi connectivity index (χ4v) is 4.77. The van der Waals surface area contributed by atoms with E-state index in [1.54, 1.807) is 12.1 Å². The minimum Gasteiger partial charge on any atom is -0.485 e. The molecule has 3 aromatic carbocycles. The van der Waals surface area contributed by atoms with Crippen LogP contribution in [0.3, 0.4) is 0 Å². The number of hydrogen-bond donors (Lipinski definition) is 1. The van der Waals surface area contributed by atoms with Crippen molar-refractivity contribution >= 4 is 21.9 Å². The number of anilines is 1. The standard InChI is InChI=1S/C25H22N4O6S/c1-29(15-17-7-3-2-4-8-17)36(31,32)19-13-11-18(12-14-19)23(30)26-25-28-27-24(35-25)22-16-33-20-9-5-6-10-21(20)34-22/h2-14,22H,15-16H2,1H3,(H,26,28,30)/t22-/m0/s1. The summed E-state index contributed by atoms with van der Waals surface area (Å²) in [5.41, 5.74) is 1.10. The first-order valence-corrected chi connectivity index (χ1v) is 12.5. The third-order valence-electron chi connectivity index (χ3n) is 5.52. The molecule has 36 heavy (non-hydrogen) atoms. The molecule has 0 radical (unpaired) electrons. The maximum atomic E-state index is 12.9. The Morgan fingerprint density at radius 3 is 2.42 bits per heavy atom. The molecule has 1 aromatic heterocycles. The van der Waals surface area contributed by atoms with Gasteiger partial charge in [-0.3, -0.25) is 10.1 Å². The lowest BCUT2D eigenvalue weighted by Gasteiger charge is -2.23. The third-order valence-corrected chi connectivity index (χ3v) is 7.34. The molecule has 1 atom stereocenters. The molecule has 184 valence electrons. The van der Waals surface area contributed by atoms with Crippen LogP contribution in [0.2, 0.25) is 0 Å². The van der Waals surface area contributed by atoms with Crippen molar-refractivity contribution in [3.8, 4) is 11.5 Å². The Hall–Kier alpha value is -4.22. The van der Waals surface area contributed by atoms with E-state index in [0.29, 0.717) is 11.5 Å². The van der Waals surface area contributed by atoms with Gasteiger partial charge in [0.15, 0.2) is 11.5 Å². The van der Waals surface area contributed by atoms with Crippen LogP contribution in [0.1, 0.15) is 27.9 Å². The second-order valence-corrected chi connectivity index (χ2v) is 10.1. The molecule has 2 heterocycles. The molecular weight excluding hydrogens is 484 g/mol. The fraction of sp³-hybridized carbons (Fsp3) is 0.160. The quantitative estimate of drug-likeness (QED) is 0.403.